The Labute approximate surface area is 138 Å². The van der Waals surface area contributed by atoms with E-state index in [0.717, 1.165) is 0 Å². The number of rotatable bonds is 3. The molecule has 0 spiro atoms. The van der Waals surface area contributed by atoms with Crippen molar-refractivity contribution in [1.29, 1.82) is 0 Å². The molecule has 5 nitrogen and oxygen atoms in total. The van der Waals surface area contributed by atoms with Crippen molar-refractivity contribution in [2.45, 2.75) is 24.0 Å². The summed E-state index contributed by atoms with van der Waals surface area (Å²) in [7, 11) is -3.90. The zero-order chi connectivity index (χ0) is 15.8. The molecule has 1 aliphatic rings. The fourth-order valence-corrected chi connectivity index (χ4v) is 5.24. The number of hydrogen-bond acceptors (Lipinski definition) is 4. The predicted molar refractivity (Wildman–Crippen MR) is 81.7 cm³/mol. The largest absolute Gasteiger partial charge is 0.394 e. The first-order valence-corrected chi connectivity index (χ1v) is 8.74. The van der Waals surface area contributed by atoms with Crippen molar-refractivity contribution in [3.63, 3.8) is 0 Å². The van der Waals surface area contributed by atoms with Gasteiger partial charge in [0.2, 0.25) is 10.0 Å². The second-order valence-electron chi connectivity index (χ2n) is 4.77. The van der Waals surface area contributed by atoms with Gasteiger partial charge in [0.25, 0.3) is 0 Å². The summed E-state index contributed by atoms with van der Waals surface area (Å²) in [5, 5.41) is 9.38. The number of sulfonamides is 1. The fourth-order valence-electron chi connectivity index (χ4n) is 2.20. The number of benzene rings is 1. The summed E-state index contributed by atoms with van der Waals surface area (Å²) in [6, 6.07) is 2.66. The van der Waals surface area contributed by atoms with Gasteiger partial charge in [-0.15, -0.1) is 0 Å². The lowest BCUT2D eigenvalue weighted by Crippen LogP contribution is -2.50. The summed E-state index contributed by atoms with van der Waals surface area (Å²) >= 11 is 17.8. The quantitative estimate of drug-likeness (QED) is 0.882. The zero-order valence-electron chi connectivity index (χ0n) is 11.1. The van der Waals surface area contributed by atoms with Crippen LogP contribution in [0.15, 0.2) is 17.0 Å². The molecule has 21 heavy (non-hydrogen) atoms. The lowest BCUT2D eigenvalue weighted by Gasteiger charge is -2.35. The summed E-state index contributed by atoms with van der Waals surface area (Å²) in [6.45, 7) is 1.67. The minimum absolute atomic E-state index is 0.0350. The van der Waals surface area contributed by atoms with E-state index < -0.39 is 16.1 Å². The minimum atomic E-state index is -3.90. The van der Waals surface area contributed by atoms with Crippen molar-refractivity contribution in [2.75, 3.05) is 19.7 Å². The van der Waals surface area contributed by atoms with Gasteiger partial charge in [-0.05, 0) is 19.1 Å². The Balaban J connectivity index is 2.43. The van der Waals surface area contributed by atoms with Gasteiger partial charge in [-0.2, -0.15) is 4.31 Å². The first-order chi connectivity index (χ1) is 9.75. The van der Waals surface area contributed by atoms with Crippen LogP contribution in [0.3, 0.4) is 0 Å². The van der Waals surface area contributed by atoms with Crippen LogP contribution in [-0.2, 0) is 14.8 Å². The van der Waals surface area contributed by atoms with Crippen LogP contribution in [-0.4, -0.2) is 49.7 Å². The Morgan fingerprint density at radius 1 is 1.29 bits per heavy atom. The molecular formula is C12H14Cl3NO4S. The summed E-state index contributed by atoms with van der Waals surface area (Å²) in [5.74, 6) is 0. The van der Waals surface area contributed by atoms with Crippen LogP contribution in [0.5, 0.6) is 0 Å². The minimum Gasteiger partial charge on any atom is -0.394 e. The molecule has 2 atom stereocenters. The summed E-state index contributed by atoms with van der Waals surface area (Å²) in [4.78, 5) is -0.180. The van der Waals surface area contributed by atoms with Gasteiger partial charge < -0.3 is 9.84 Å². The van der Waals surface area contributed by atoms with Crippen molar-refractivity contribution < 1.29 is 18.3 Å². The van der Waals surface area contributed by atoms with Gasteiger partial charge in [0, 0.05) is 18.1 Å². The van der Waals surface area contributed by atoms with Crippen molar-refractivity contribution in [3.8, 4) is 0 Å². The van der Waals surface area contributed by atoms with Gasteiger partial charge in [0.15, 0.2) is 0 Å². The van der Waals surface area contributed by atoms with Gasteiger partial charge in [0.1, 0.15) is 4.90 Å². The number of nitrogens with zero attached hydrogens (tertiary/aromatic N) is 1. The molecule has 1 N–H and O–H groups in total. The van der Waals surface area contributed by atoms with Crippen LogP contribution >= 0.6 is 34.8 Å². The number of aliphatic hydroxyl groups excluding tert-OH is 1. The molecule has 118 valence electrons. The van der Waals surface area contributed by atoms with Crippen molar-refractivity contribution in [3.05, 3.63) is 27.2 Å². The van der Waals surface area contributed by atoms with Crippen LogP contribution in [0.1, 0.15) is 6.92 Å². The third-order valence-corrected chi connectivity index (χ3v) is 6.03. The van der Waals surface area contributed by atoms with E-state index in [1.54, 1.807) is 6.92 Å². The first kappa shape index (κ1) is 17.3. The topological polar surface area (TPSA) is 66.8 Å². The van der Waals surface area contributed by atoms with E-state index in [4.69, 9.17) is 39.5 Å². The third kappa shape index (κ3) is 3.64. The third-order valence-electron chi connectivity index (χ3n) is 3.06. The molecular weight excluding hydrogens is 361 g/mol. The SMILES string of the molecule is CC1CN(S(=O)(=O)c2c(Cl)cc(Cl)cc2Cl)CC(CO)O1. The number of morpholine rings is 1. The Kier molecular flexibility index (Phi) is 5.41. The Hall–Kier alpha value is -0.0800. The number of halogens is 3. The maximum Gasteiger partial charge on any atom is 0.246 e. The second-order valence-corrected chi connectivity index (χ2v) is 7.90. The molecule has 2 rings (SSSR count). The Morgan fingerprint density at radius 2 is 1.86 bits per heavy atom. The molecule has 2 unspecified atom stereocenters. The van der Waals surface area contributed by atoms with Crippen LogP contribution in [0.2, 0.25) is 15.1 Å². The van der Waals surface area contributed by atoms with Gasteiger partial charge >= 0.3 is 0 Å². The van der Waals surface area contributed by atoms with Crippen LogP contribution in [0.4, 0.5) is 0 Å². The smallest absolute Gasteiger partial charge is 0.246 e. The number of ether oxygens (including phenoxy) is 1. The molecule has 0 saturated carbocycles. The van der Waals surface area contributed by atoms with E-state index in [9.17, 15) is 13.5 Å². The molecule has 1 heterocycles. The Morgan fingerprint density at radius 3 is 2.38 bits per heavy atom. The molecule has 1 aliphatic heterocycles. The summed E-state index contributed by atoms with van der Waals surface area (Å²) in [5.41, 5.74) is 0. The molecule has 0 aliphatic carbocycles. The van der Waals surface area contributed by atoms with E-state index in [2.05, 4.69) is 0 Å². The van der Waals surface area contributed by atoms with Crippen LogP contribution < -0.4 is 0 Å². The molecule has 0 radical (unpaired) electrons. The summed E-state index contributed by atoms with van der Waals surface area (Å²) < 4.78 is 32.1. The average molecular weight is 375 g/mol. The highest BCUT2D eigenvalue weighted by Gasteiger charge is 2.36. The maximum absolute atomic E-state index is 12.7. The molecule has 1 fully saturated rings. The van der Waals surface area contributed by atoms with E-state index in [0.29, 0.717) is 0 Å². The number of aliphatic hydroxyl groups is 1. The van der Waals surface area contributed by atoms with E-state index in [-0.39, 0.29) is 45.8 Å². The van der Waals surface area contributed by atoms with Crippen LogP contribution in [0, 0.1) is 0 Å². The molecule has 1 aromatic carbocycles. The zero-order valence-corrected chi connectivity index (χ0v) is 14.2. The molecule has 9 heteroatoms. The molecule has 1 saturated heterocycles. The van der Waals surface area contributed by atoms with E-state index in [1.165, 1.54) is 16.4 Å². The first-order valence-electron chi connectivity index (χ1n) is 6.16. The van der Waals surface area contributed by atoms with Crippen LogP contribution in [0.25, 0.3) is 0 Å². The molecule has 0 bridgehead atoms. The van der Waals surface area contributed by atoms with E-state index >= 15 is 0 Å². The van der Waals surface area contributed by atoms with Crippen molar-refractivity contribution >= 4 is 44.8 Å². The summed E-state index contributed by atoms with van der Waals surface area (Å²) in [6.07, 6.45) is -0.913. The predicted octanol–water partition coefficient (Wildman–Crippen LogP) is 2.42. The molecule has 1 aromatic rings. The lowest BCUT2D eigenvalue weighted by molar-refractivity contribution is -0.0750. The van der Waals surface area contributed by atoms with Gasteiger partial charge in [-0.3, -0.25) is 0 Å². The second kappa shape index (κ2) is 6.58. The van der Waals surface area contributed by atoms with Gasteiger partial charge in [0.05, 0.1) is 28.9 Å². The fraction of sp³-hybridized carbons (Fsp3) is 0.500. The highest BCUT2D eigenvalue weighted by Crippen LogP contribution is 2.35. The average Bonchev–Trinajstić information content (AvgIpc) is 2.36. The Bertz CT molecular complexity index is 614. The van der Waals surface area contributed by atoms with E-state index in [1.807, 2.05) is 0 Å². The highest BCUT2D eigenvalue weighted by atomic mass is 35.5. The highest BCUT2D eigenvalue weighted by molar-refractivity contribution is 7.89. The van der Waals surface area contributed by atoms with Crippen molar-refractivity contribution in [2.24, 2.45) is 0 Å². The van der Waals surface area contributed by atoms with Gasteiger partial charge in [-0.1, -0.05) is 34.8 Å². The molecule has 0 aromatic heterocycles. The van der Waals surface area contributed by atoms with Gasteiger partial charge in [-0.25, -0.2) is 8.42 Å². The van der Waals surface area contributed by atoms with Crippen molar-refractivity contribution in [1.82, 2.24) is 4.31 Å². The number of hydrogen-bond donors (Lipinski definition) is 1. The lowest BCUT2D eigenvalue weighted by atomic mass is 10.2. The normalized spacial score (nSPS) is 24.2. The monoisotopic (exact) mass is 373 g/mol. The maximum atomic E-state index is 12.7. The molecule has 0 amide bonds. The standard InChI is InChI=1S/C12H14Cl3NO4S/c1-7-4-16(5-9(6-17)20-7)21(18,19)12-10(14)2-8(13)3-11(12)15/h2-3,7,9,17H,4-6H2,1H3.